The normalized spacial score (nSPS) is 18.2. The third-order valence-electron chi connectivity index (χ3n) is 8.00. The highest BCUT2D eigenvalue weighted by molar-refractivity contribution is 5.89. The topological polar surface area (TPSA) is 206 Å². The fourth-order valence-corrected chi connectivity index (χ4v) is 5.35. The van der Waals surface area contributed by atoms with Crippen molar-refractivity contribution in [2.24, 2.45) is 23.5 Å². The summed E-state index contributed by atoms with van der Waals surface area (Å²) in [6.07, 6.45) is 2.58. The Kier molecular flexibility index (Phi) is 18.4. The smallest absolute Gasteiger partial charge is 0.408 e. The summed E-state index contributed by atoms with van der Waals surface area (Å²) < 4.78 is 26.8. The molecule has 1 saturated carbocycles. The molecule has 0 heterocycles. The molecule has 15 nitrogen and oxygen atoms in total. The molecule has 2 aliphatic carbocycles. The summed E-state index contributed by atoms with van der Waals surface area (Å²) in [5.74, 6) is 6.34. The number of carbonyl (C=O) groups is 5. The van der Waals surface area contributed by atoms with Crippen LogP contribution in [0.1, 0.15) is 44.1 Å². The van der Waals surface area contributed by atoms with E-state index in [2.05, 4.69) is 33.1 Å². The zero-order chi connectivity index (χ0) is 35.1. The maximum atomic E-state index is 12.6. The van der Waals surface area contributed by atoms with Gasteiger partial charge in [0.05, 0.1) is 52.8 Å². The van der Waals surface area contributed by atoms with Crippen LogP contribution in [0.25, 0.3) is 0 Å². The van der Waals surface area contributed by atoms with Gasteiger partial charge in [0, 0.05) is 32.4 Å². The summed E-state index contributed by atoms with van der Waals surface area (Å²) in [6.45, 7) is 2.60. The Labute approximate surface area is 287 Å². The summed E-state index contributed by atoms with van der Waals surface area (Å²) in [5.41, 5.74) is 5.95. The highest BCUT2D eigenvalue weighted by Gasteiger charge is 2.49. The number of hydrogen-bond acceptors (Lipinski definition) is 10. The van der Waals surface area contributed by atoms with Crippen molar-refractivity contribution in [2.45, 2.75) is 51.2 Å². The van der Waals surface area contributed by atoms with Crippen molar-refractivity contribution < 1.29 is 47.7 Å². The first-order chi connectivity index (χ1) is 23.8. The second kappa shape index (κ2) is 23.0. The molecule has 1 aromatic carbocycles. The zero-order valence-electron chi connectivity index (χ0n) is 27.9. The van der Waals surface area contributed by atoms with Gasteiger partial charge in [-0.15, -0.1) is 11.8 Å². The predicted octanol–water partition coefficient (Wildman–Crippen LogP) is 0.995. The summed E-state index contributed by atoms with van der Waals surface area (Å²) in [7, 11) is 0. The van der Waals surface area contributed by atoms with Crippen LogP contribution in [-0.4, -0.2) is 102 Å². The van der Waals surface area contributed by atoms with E-state index in [9.17, 15) is 24.0 Å². The molecule has 0 saturated heterocycles. The summed E-state index contributed by atoms with van der Waals surface area (Å²) in [4.78, 5) is 60.0. The molecule has 1 aromatic rings. The molecule has 2 unspecified atom stereocenters. The number of amides is 5. The van der Waals surface area contributed by atoms with E-state index < -0.39 is 35.9 Å². The Morgan fingerprint density at radius 3 is 2.02 bits per heavy atom. The van der Waals surface area contributed by atoms with Gasteiger partial charge in [-0.05, 0) is 42.6 Å². The van der Waals surface area contributed by atoms with E-state index in [1.54, 1.807) is 24.3 Å². The largest absolute Gasteiger partial charge is 0.449 e. The predicted molar refractivity (Wildman–Crippen MR) is 177 cm³/mol. The molecular weight excluding hydrogens is 638 g/mol. The monoisotopic (exact) mass is 687 g/mol. The van der Waals surface area contributed by atoms with Crippen molar-refractivity contribution in [3.05, 3.63) is 35.9 Å². The number of benzene rings is 1. The molecule has 4 atom stereocenters. The fraction of sp³-hybridized carbons (Fsp3) is 0.618. The summed E-state index contributed by atoms with van der Waals surface area (Å²) >= 11 is 0. The molecule has 0 bridgehead atoms. The molecule has 270 valence electrons. The van der Waals surface area contributed by atoms with Gasteiger partial charge in [0.1, 0.15) is 12.6 Å². The second-order valence-corrected chi connectivity index (χ2v) is 11.6. The van der Waals surface area contributed by atoms with Crippen molar-refractivity contribution in [2.75, 3.05) is 65.9 Å². The quantitative estimate of drug-likeness (QED) is 0.0815. The van der Waals surface area contributed by atoms with E-state index >= 15 is 0 Å². The lowest BCUT2D eigenvalue weighted by atomic mass is 10.1. The van der Waals surface area contributed by atoms with E-state index in [0.717, 1.165) is 31.2 Å². The Hall–Kier alpha value is -4.39. The molecule has 1 fully saturated rings. The van der Waals surface area contributed by atoms with E-state index in [0.29, 0.717) is 63.9 Å². The van der Waals surface area contributed by atoms with Crippen LogP contribution in [0.4, 0.5) is 9.59 Å². The summed E-state index contributed by atoms with van der Waals surface area (Å²) in [6, 6.07) is 7.86. The summed E-state index contributed by atoms with van der Waals surface area (Å²) in [5, 5.41) is 10.1. The lowest BCUT2D eigenvalue weighted by molar-refractivity contribution is -0.127. The zero-order valence-corrected chi connectivity index (χ0v) is 27.9. The van der Waals surface area contributed by atoms with Crippen LogP contribution < -0.4 is 27.0 Å². The molecule has 6 N–H and O–H groups in total. The number of ether oxygens (including phenoxy) is 5. The van der Waals surface area contributed by atoms with Crippen LogP contribution in [0, 0.1) is 29.6 Å². The average molecular weight is 688 g/mol. The van der Waals surface area contributed by atoms with Gasteiger partial charge < -0.3 is 50.7 Å². The Morgan fingerprint density at radius 1 is 0.776 bits per heavy atom. The molecule has 15 heteroatoms. The van der Waals surface area contributed by atoms with Crippen molar-refractivity contribution in [1.29, 1.82) is 0 Å². The molecule has 2 aliphatic rings. The minimum absolute atomic E-state index is 0.00120. The van der Waals surface area contributed by atoms with Crippen molar-refractivity contribution in [3.8, 4) is 11.8 Å². The van der Waals surface area contributed by atoms with Gasteiger partial charge in [-0.25, -0.2) is 9.59 Å². The number of carbonyl (C=O) groups excluding carboxylic acids is 5. The minimum atomic E-state index is -1.12. The van der Waals surface area contributed by atoms with Crippen LogP contribution in [-0.2, 0) is 44.7 Å². The van der Waals surface area contributed by atoms with E-state index in [1.165, 1.54) is 0 Å². The standard InChI is InChI=1S/C34H49N5O10/c35-30(40)13-12-29(39-34(44)48-23-25-8-4-3-5-9-25)32(42)38-22-31(41)36-14-16-45-18-20-47-21-19-46-17-15-37-33(43)49-24-28-26-10-6-1-2-7-11-27(26)28/h3-5,8-9,26-29H,6-7,10-24H2,(H2,35,40)(H,36,41)(H,37,43)(H,38,42)(H,39,44)/t26-,27+,28?,29?. The number of nitrogens with two attached hydrogens (primary N) is 1. The molecule has 49 heavy (non-hydrogen) atoms. The van der Waals surface area contributed by atoms with Gasteiger partial charge in [0.25, 0.3) is 0 Å². The molecule has 5 amide bonds. The van der Waals surface area contributed by atoms with Crippen molar-refractivity contribution in [1.82, 2.24) is 21.3 Å². The number of rotatable bonds is 23. The number of primary amides is 1. The first-order valence-corrected chi connectivity index (χ1v) is 16.7. The average Bonchev–Trinajstić information content (AvgIpc) is 3.74. The van der Waals surface area contributed by atoms with Crippen molar-refractivity contribution in [3.63, 3.8) is 0 Å². The van der Waals surface area contributed by atoms with Gasteiger partial charge in [-0.1, -0.05) is 30.3 Å². The highest BCUT2D eigenvalue weighted by atomic mass is 16.6. The molecule has 0 radical (unpaired) electrons. The molecule has 0 aliphatic heterocycles. The second-order valence-electron chi connectivity index (χ2n) is 11.6. The van der Waals surface area contributed by atoms with E-state index in [4.69, 9.17) is 29.4 Å². The first kappa shape index (κ1) is 39.1. The van der Waals surface area contributed by atoms with Gasteiger partial charge >= 0.3 is 12.2 Å². The maximum absolute atomic E-state index is 12.6. The third-order valence-corrected chi connectivity index (χ3v) is 8.00. The number of alkyl carbamates (subject to hydrolysis) is 2. The molecule has 0 spiro atoms. The van der Waals surface area contributed by atoms with Crippen molar-refractivity contribution >= 4 is 29.9 Å². The first-order valence-electron chi connectivity index (χ1n) is 16.7. The Balaban J connectivity index is 1.11. The fourth-order valence-electron chi connectivity index (χ4n) is 5.35. The highest BCUT2D eigenvalue weighted by Crippen LogP contribution is 2.52. The third kappa shape index (κ3) is 17.0. The Bertz CT molecular complexity index is 1240. The number of nitrogens with one attached hydrogen (secondary N) is 4. The lowest BCUT2D eigenvalue weighted by Gasteiger charge is -2.18. The van der Waals surface area contributed by atoms with E-state index in [1.807, 2.05) is 6.07 Å². The van der Waals surface area contributed by atoms with Crippen LogP contribution in [0.3, 0.4) is 0 Å². The Morgan fingerprint density at radius 2 is 1.39 bits per heavy atom. The SMILES string of the molecule is NC(=O)CCC(NC(=O)OCc1ccccc1)C(=O)NCC(=O)NCCOCCOCCOCCNC(=O)OCC1[C@H]2CCC#CCC[C@@H]12. The number of fused-ring (bicyclic) bond motifs is 1. The van der Waals surface area contributed by atoms with Gasteiger partial charge in [0.2, 0.25) is 17.7 Å². The maximum Gasteiger partial charge on any atom is 0.408 e. The van der Waals surface area contributed by atoms with Crippen LogP contribution in [0.15, 0.2) is 30.3 Å². The lowest BCUT2D eigenvalue weighted by Crippen LogP contribution is -2.49. The molecule has 3 rings (SSSR count). The van der Waals surface area contributed by atoms with Gasteiger partial charge in [-0.3, -0.25) is 14.4 Å². The molecular formula is C34H49N5O10. The van der Waals surface area contributed by atoms with Gasteiger partial charge in [-0.2, -0.15) is 0 Å². The van der Waals surface area contributed by atoms with E-state index in [-0.39, 0.29) is 39.1 Å². The van der Waals surface area contributed by atoms with Gasteiger partial charge in [0.15, 0.2) is 0 Å². The van der Waals surface area contributed by atoms with Crippen LogP contribution >= 0.6 is 0 Å². The van der Waals surface area contributed by atoms with Crippen LogP contribution in [0.2, 0.25) is 0 Å². The molecule has 0 aromatic heterocycles. The number of hydrogen-bond donors (Lipinski definition) is 5. The van der Waals surface area contributed by atoms with Crippen LogP contribution in [0.5, 0.6) is 0 Å². The minimum Gasteiger partial charge on any atom is -0.449 e.